The van der Waals surface area contributed by atoms with E-state index < -0.39 is 11.6 Å². The second-order valence-corrected chi connectivity index (χ2v) is 4.42. The minimum absolute atomic E-state index is 0.00583. The van der Waals surface area contributed by atoms with Gasteiger partial charge < -0.3 is 4.74 Å². The first-order chi connectivity index (χ1) is 8.58. The van der Waals surface area contributed by atoms with Crippen LogP contribution in [0.25, 0.3) is 0 Å². The molecule has 92 valence electrons. The molecule has 5 heteroatoms. The van der Waals surface area contributed by atoms with Gasteiger partial charge in [-0.2, -0.15) is 0 Å². The van der Waals surface area contributed by atoms with Crippen molar-refractivity contribution in [1.29, 1.82) is 0 Å². The zero-order chi connectivity index (χ0) is 13.1. The van der Waals surface area contributed by atoms with Crippen molar-refractivity contribution in [3.8, 4) is 11.5 Å². The summed E-state index contributed by atoms with van der Waals surface area (Å²) in [5, 5.41) is 0. The number of ether oxygens (including phenoxy) is 1. The van der Waals surface area contributed by atoms with Gasteiger partial charge in [0.2, 0.25) is 0 Å². The van der Waals surface area contributed by atoms with Gasteiger partial charge in [-0.3, -0.25) is 4.79 Å². The second-order valence-electron chi connectivity index (χ2n) is 3.51. The van der Waals surface area contributed by atoms with Crippen molar-refractivity contribution in [3.63, 3.8) is 0 Å². The Morgan fingerprint density at radius 1 is 1.06 bits per heavy atom. The summed E-state index contributed by atoms with van der Waals surface area (Å²) in [6, 6.07) is 7.59. The first-order valence-corrected chi connectivity index (χ1v) is 5.76. The Hall–Kier alpha value is -1.75. The third kappa shape index (κ3) is 2.92. The van der Waals surface area contributed by atoms with E-state index in [2.05, 4.69) is 15.9 Å². The molecule has 0 amide bonds. The maximum Gasteiger partial charge on any atom is 0.153 e. The minimum Gasteiger partial charge on any atom is -0.456 e. The van der Waals surface area contributed by atoms with Crippen LogP contribution in [0, 0.1) is 11.6 Å². The highest BCUT2D eigenvalue weighted by Crippen LogP contribution is 2.28. The van der Waals surface area contributed by atoms with E-state index in [0.717, 1.165) is 18.2 Å². The summed E-state index contributed by atoms with van der Waals surface area (Å²) in [5.74, 6) is -1.27. The van der Waals surface area contributed by atoms with Crippen LogP contribution >= 0.6 is 15.9 Å². The number of carbonyl (C=O) groups excluding carboxylic acids is 1. The summed E-state index contributed by atoms with van der Waals surface area (Å²) in [7, 11) is 0. The molecule has 0 N–H and O–H groups in total. The topological polar surface area (TPSA) is 26.3 Å². The van der Waals surface area contributed by atoms with Gasteiger partial charge in [-0.25, -0.2) is 8.78 Å². The predicted octanol–water partition coefficient (Wildman–Crippen LogP) is 4.33. The summed E-state index contributed by atoms with van der Waals surface area (Å²) < 4.78 is 32.0. The molecule has 0 unspecified atom stereocenters. The van der Waals surface area contributed by atoms with Gasteiger partial charge in [0.05, 0.1) is 5.56 Å². The maximum atomic E-state index is 13.0. The summed E-state index contributed by atoms with van der Waals surface area (Å²) in [6.07, 6.45) is 0.609. The Morgan fingerprint density at radius 3 is 2.33 bits per heavy atom. The second kappa shape index (κ2) is 5.27. The van der Waals surface area contributed by atoms with Gasteiger partial charge in [0, 0.05) is 22.7 Å². The molecular weight excluding hydrogens is 306 g/mol. The van der Waals surface area contributed by atoms with Crippen LogP contribution in [0.1, 0.15) is 10.4 Å². The first-order valence-electron chi connectivity index (χ1n) is 4.97. The fourth-order valence-electron chi connectivity index (χ4n) is 1.41. The van der Waals surface area contributed by atoms with E-state index in [1.165, 1.54) is 0 Å². The molecule has 0 fully saturated rings. The normalized spacial score (nSPS) is 10.2. The average molecular weight is 313 g/mol. The van der Waals surface area contributed by atoms with Crippen molar-refractivity contribution in [2.45, 2.75) is 0 Å². The number of rotatable bonds is 3. The van der Waals surface area contributed by atoms with Gasteiger partial charge in [-0.15, -0.1) is 0 Å². The van der Waals surface area contributed by atoms with Crippen LogP contribution in [0.15, 0.2) is 40.9 Å². The standard InChI is InChI=1S/C13H7BrF2O2/c14-9-2-1-8(7-17)13(3-9)18-12-5-10(15)4-11(16)6-12/h1-7H. The Kier molecular flexibility index (Phi) is 3.72. The molecule has 0 aliphatic carbocycles. The molecule has 18 heavy (non-hydrogen) atoms. The third-order valence-electron chi connectivity index (χ3n) is 2.17. The van der Waals surface area contributed by atoms with Crippen molar-refractivity contribution in [3.05, 3.63) is 58.1 Å². The quantitative estimate of drug-likeness (QED) is 0.788. The molecule has 0 saturated carbocycles. The minimum atomic E-state index is -0.743. The monoisotopic (exact) mass is 312 g/mol. The molecule has 0 aliphatic rings. The van der Waals surface area contributed by atoms with Crippen LogP contribution < -0.4 is 4.74 Å². The highest BCUT2D eigenvalue weighted by Gasteiger charge is 2.07. The molecule has 0 radical (unpaired) electrons. The van der Waals surface area contributed by atoms with Crippen LogP contribution in [0.2, 0.25) is 0 Å². The first kappa shape index (κ1) is 12.7. The van der Waals surface area contributed by atoms with E-state index in [-0.39, 0.29) is 11.5 Å². The van der Waals surface area contributed by atoms with E-state index in [9.17, 15) is 13.6 Å². The fourth-order valence-corrected chi connectivity index (χ4v) is 1.75. The molecule has 2 aromatic carbocycles. The third-order valence-corrected chi connectivity index (χ3v) is 2.66. The van der Waals surface area contributed by atoms with Crippen LogP contribution in [0.5, 0.6) is 11.5 Å². The Bertz CT molecular complexity index is 579. The lowest BCUT2D eigenvalue weighted by Gasteiger charge is -2.08. The summed E-state index contributed by atoms with van der Waals surface area (Å²) in [5.41, 5.74) is 0.294. The van der Waals surface area contributed by atoms with Gasteiger partial charge in [0.1, 0.15) is 23.1 Å². The number of hydrogen-bond donors (Lipinski definition) is 0. The van der Waals surface area contributed by atoms with Gasteiger partial charge in [0.25, 0.3) is 0 Å². The molecular formula is C13H7BrF2O2. The summed E-state index contributed by atoms with van der Waals surface area (Å²) in [4.78, 5) is 10.8. The number of aldehydes is 1. The van der Waals surface area contributed by atoms with Crippen LogP contribution in [-0.2, 0) is 0 Å². The SMILES string of the molecule is O=Cc1ccc(Br)cc1Oc1cc(F)cc(F)c1. The van der Waals surface area contributed by atoms with E-state index in [1.54, 1.807) is 18.2 Å². The van der Waals surface area contributed by atoms with E-state index in [4.69, 9.17) is 4.74 Å². The van der Waals surface area contributed by atoms with Gasteiger partial charge in [0.15, 0.2) is 6.29 Å². The van der Waals surface area contributed by atoms with Crippen molar-refractivity contribution in [2.75, 3.05) is 0 Å². The number of benzene rings is 2. The summed E-state index contributed by atoms with van der Waals surface area (Å²) >= 11 is 3.22. The summed E-state index contributed by atoms with van der Waals surface area (Å²) in [6.45, 7) is 0. The number of hydrogen-bond acceptors (Lipinski definition) is 2. The van der Waals surface area contributed by atoms with Crippen LogP contribution in [0.4, 0.5) is 8.78 Å². The van der Waals surface area contributed by atoms with E-state index in [1.807, 2.05) is 0 Å². The zero-order valence-corrected chi connectivity index (χ0v) is 10.6. The fraction of sp³-hybridized carbons (Fsp3) is 0. The number of halogens is 3. The molecule has 0 bridgehead atoms. The smallest absolute Gasteiger partial charge is 0.153 e. The molecule has 0 spiro atoms. The number of carbonyl (C=O) groups is 1. The van der Waals surface area contributed by atoms with Crippen molar-refractivity contribution < 1.29 is 18.3 Å². The van der Waals surface area contributed by atoms with Crippen molar-refractivity contribution in [2.24, 2.45) is 0 Å². The predicted molar refractivity (Wildman–Crippen MR) is 66.0 cm³/mol. The highest BCUT2D eigenvalue weighted by atomic mass is 79.9. The Morgan fingerprint density at radius 2 is 1.72 bits per heavy atom. The van der Waals surface area contributed by atoms with Crippen LogP contribution in [-0.4, -0.2) is 6.29 Å². The lowest BCUT2D eigenvalue weighted by atomic mass is 10.2. The Balaban J connectivity index is 2.38. The molecule has 0 heterocycles. The Labute approximate surface area is 110 Å². The zero-order valence-electron chi connectivity index (χ0n) is 8.99. The highest BCUT2D eigenvalue weighted by molar-refractivity contribution is 9.10. The molecule has 2 nitrogen and oxygen atoms in total. The molecule has 0 aliphatic heterocycles. The molecule has 2 rings (SSSR count). The van der Waals surface area contributed by atoms with Crippen molar-refractivity contribution in [1.82, 2.24) is 0 Å². The maximum absolute atomic E-state index is 13.0. The van der Waals surface area contributed by atoms with Crippen LogP contribution in [0.3, 0.4) is 0 Å². The van der Waals surface area contributed by atoms with E-state index >= 15 is 0 Å². The average Bonchev–Trinajstić information content (AvgIpc) is 2.27. The molecule has 0 saturated heterocycles. The lowest BCUT2D eigenvalue weighted by Crippen LogP contribution is -1.92. The van der Waals surface area contributed by atoms with Crippen molar-refractivity contribution >= 4 is 22.2 Å². The van der Waals surface area contributed by atoms with Gasteiger partial charge in [-0.1, -0.05) is 15.9 Å². The molecule has 0 aromatic heterocycles. The largest absolute Gasteiger partial charge is 0.456 e. The van der Waals surface area contributed by atoms with Gasteiger partial charge in [-0.05, 0) is 18.2 Å². The molecule has 2 aromatic rings. The molecule has 0 atom stereocenters. The van der Waals surface area contributed by atoms with Gasteiger partial charge >= 0.3 is 0 Å². The lowest BCUT2D eigenvalue weighted by molar-refractivity contribution is 0.112. The van der Waals surface area contributed by atoms with E-state index in [0.29, 0.717) is 16.3 Å².